The van der Waals surface area contributed by atoms with Crippen molar-refractivity contribution in [3.05, 3.63) is 52.0 Å². The Morgan fingerprint density at radius 2 is 1.79 bits per heavy atom. The Balaban J connectivity index is 1.95. The summed E-state index contributed by atoms with van der Waals surface area (Å²) >= 11 is 11.3. The molecule has 0 aromatic heterocycles. The molecule has 0 fully saturated rings. The van der Waals surface area contributed by atoms with Crippen molar-refractivity contribution >= 4 is 40.5 Å². The van der Waals surface area contributed by atoms with Crippen LogP contribution in [0.2, 0.25) is 5.02 Å². The van der Waals surface area contributed by atoms with E-state index in [9.17, 15) is 9.90 Å². The molecule has 7 heteroatoms. The van der Waals surface area contributed by atoms with Crippen LogP contribution in [0, 0.1) is 13.8 Å². The second-order valence-corrected chi connectivity index (χ2v) is 8.43. The summed E-state index contributed by atoms with van der Waals surface area (Å²) in [5.74, 6) is 0.200. The number of hydrogen-bond donors (Lipinski definition) is 3. The molecule has 2 rings (SSSR count). The molecule has 0 unspecified atom stereocenters. The summed E-state index contributed by atoms with van der Waals surface area (Å²) in [7, 11) is 0. The number of carbonyl (C=O) groups excluding carboxylic acids is 1. The number of rotatable bonds is 4. The topological polar surface area (TPSA) is 70.6 Å². The first-order valence-electron chi connectivity index (χ1n) is 8.81. The lowest BCUT2D eigenvalue weighted by Crippen LogP contribution is -2.37. The fraction of sp³-hybridized carbons (Fsp3) is 0.333. The number of anilines is 1. The molecule has 0 aliphatic rings. The highest BCUT2D eigenvalue weighted by molar-refractivity contribution is 7.80. The number of thiocarbonyl (C=S) groups is 1. The maximum atomic E-state index is 12.1. The third-order valence-corrected chi connectivity index (χ3v) is 4.94. The molecule has 150 valence electrons. The van der Waals surface area contributed by atoms with Crippen LogP contribution >= 0.6 is 23.8 Å². The molecule has 1 amide bonds. The van der Waals surface area contributed by atoms with Crippen molar-refractivity contribution in [2.45, 2.75) is 40.0 Å². The summed E-state index contributed by atoms with van der Waals surface area (Å²) in [6.45, 7) is 9.76. The number of carbonyl (C=O) groups is 1. The van der Waals surface area contributed by atoms with Gasteiger partial charge in [-0.1, -0.05) is 38.4 Å². The maximum absolute atomic E-state index is 12.1. The lowest BCUT2D eigenvalue weighted by atomic mass is 9.87. The van der Waals surface area contributed by atoms with Gasteiger partial charge in [-0.3, -0.25) is 10.1 Å². The van der Waals surface area contributed by atoms with Crippen LogP contribution < -0.4 is 15.4 Å². The molecule has 5 nitrogen and oxygen atoms in total. The van der Waals surface area contributed by atoms with E-state index in [4.69, 9.17) is 28.6 Å². The molecule has 0 radical (unpaired) electrons. The molecule has 0 saturated carbocycles. The summed E-state index contributed by atoms with van der Waals surface area (Å²) in [6, 6.07) is 8.81. The van der Waals surface area contributed by atoms with Crippen LogP contribution in [-0.4, -0.2) is 22.7 Å². The van der Waals surface area contributed by atoms with Crippen molar-refractivity contribution in [1.29, 1.82) is 0 Å². The molecular weight excluding hydrogens is 396 g/mol. The minimum Gasteiger partial charge on any atom is -0.506 e. The van der Waals surface area contributed by atoms with Gasteiger partial charge in [0.05, 0.1) is 5.69 Å². The summed E-state index contributed by atoms with van der Waals surface area (Å²) in [5.41, 5.74) is 3.13. The SMILES string of the molecule is Cc1cc(OCC(=O)NC(=S)Nc2cc(C(C)(C)C)ccc2O)cc(C)c1Cl. The Hall–Kier alpha value is -2.31. The van der Waals surface area contributed by atoms with Crippen LogP contribution in [0.1, 0.15) is 37.5 Å². The Labute approximate surface area is 176 Å². The number of phenols is 1. The Morgan fingerprint density at radius 3 is 2.36 bits per heavy atom. The predicted molar refractivity (Wildman–Crippen MR) is 118 cm³/mol. The molecule has 3 N–H and O–H groups in total. The number of phenolic OH excluding ortho intramolecular Hbond substituents is 1. The normalized spacial score (nSPS) is 11.1. The molecule has 2 aromatic rings. The number of ether oxygens (including phenoxy) is 1. The number of nitrogens with one attached hydrogen (secondary N) is 2. The monoisotopic (exact) mass is 420 g/mol. The molecular formula is C21H25ClN2O3S. The Morgan fingerprint density at radius 1 is 1.18 bits per heavy atom. The average molecular weight is 421 g/mol. The molecule has 28 heavy (non-hydrogen) atoms. The third kappa shape index (κ3) is 5.84. The highest BCUT2D eigenvalue weighted by Gasteiger charge is 2.16. The van der Waals surface area contributed by atoms with E-state index in [1.54, 1.807) is 18.2 Å². The first-order valence-corrected chi connectivity index (χ1v) is 9.60. The molecule has 2 aromatic carbocycles. The molecule has 0 saturated heterocycles. The average Bonchev–Trinajstić information content (AvgIpc) is 2.58. The smallest absolute Gasteiger partial charge is 0.264 e. The van der Waals surface area contributed by atoms with Crippen molar-refractivity contribution in [2.75, 3.05) is 11.9 Å². The number of aryl methyl sites for hydroxylation is 2. The van der Waals surface area contributed by atoms with Gasteiger partial charge in [-0.2, -0.15) is 0 Å². The zero-order valence-corrected chi connectivity index (χ0v) is 18.2. The molecule has 0 bridgehead atoms. The lowest BCUT2D eigenvalue weighted by molar-refractivity contribution is -0.121. The maximum Gasteiger partial charge on any atom is 0.264 e. The second-order valence-electron chi connectivity index (χ2n) is 7.64. The summed E-state index contributed by atoms with van der Waals surface area (Å²) in [5, 5.41) is 16.2. The minimum atomic E-state index is -0.408. The van der Waals surface area contributed by atoms with Gasteiger partial charge in [-0.25, -0.2) is 0 Å². The minimum absolute atomic E-state index is 0.0490. The van der Waals surface area contributed by atoms with Crippen molar-refractivity contribution in [2.24, 2.45) is 0 Å². The summed E-state index contributed by atoms with van der Waals surface area (Å²) in [6.07, 6.45) is 0. The third-order valence-electron chi connectivity index (χ3n) is 4.14. The van der Waals surface area contributed by atoms with E-state index >= 15 is 0 Å². The van der Waals surface area contributed by atoms with Crippen LogP contribution in [-0.2, 0) is 10.2 Å². The molecule has 0 atom stereocenters. The number of benzene rings is 2. The van der Waals surface area contributed by atoms with Crippen molar-refractivity contribution in [3.63, 3.8) is 0 Å². The summed E-state index contributed by atoms with van der Waals surface area (Å²) in [4.78, 5) is 12.1. The zero-order chi connectivity index (χ0) is 21.1. The second kappa shape index (κ2) is 8.80. The van der Waals surface area contributed by atoms with E-state index in [0.717, 1.165) is 16.7 Å². The van der Waals surface area contributed by atoms with Crippen molar-refractivity contribution in [1.82, 2.24) is 5.32 Å². The van der Waals surface area contributed by atoms with Gasteiger partial charge in [-0.15, -0.1) is 0 Å². The van der Waals surface area contributed by atoms with Gasteiger partial charge in [0.2, 0.25) is 0 Å². The number of aromatic hydroxyl groups is 1. The first-order chi connectivity index (χ1) is 13.0. The Kier molecular flexibility index (Phi) is 6.91. The molecule has 0 heterocycles. The quantitative estimate of drug-likeness (QED) is 0.487. The van der Waals surface area contributed by atoms with E-state index < -0.39 is 5.91 Å². The van der Waals surface area contributed by atoms with Gasteiger partial charge < -0.3 is 15.2 Å². The first kappa shape index (κ1) is 22.0. The number of hydrogen-bond acceptors (Lipinski definition) is 4. The molecule has 0 aliphatic heterocycles. The lowest BCUT2D eigenvalue weighted by Gasteiger charge is -2.21. The largest absolute Gasteiger partial charge is 0.506 e. The number of amides is 1. The van der Waals surface area contributed by atoms with Crippen LogP contribution in [0.3, 0.4) is 0 Å². The van der Waals surface area contributed by atoms with Gasteiger partial charge in [0.25, 0.3) is 5.91 Å². The van der Waals surface area contributed by atoms with Gasteiger partial charge in [0.1, 0.15) is 11.5 Å². The Bertz CT molecular complexity index is 884. The predicted octanol–water partition coefficient (Wildman–Crippen LogP) is 4.85. The van der Waals surface area contributed by atoms with E-state index in [1.165, 1.54) is 0 Å². The van der Waals surface area contributed by atoms with Gasteiger partial charge in [0.15, 0.2) is 11.7 Å². The van der Waals surface area contributed by atoms with Gasteiger partial charge in [0, 0.05) is 5.02 Å². The van der Waals surface area contributed by atoms with Gasteiger partial charge >= 0.3 is 0 Å². The highest BCUT2D eigenvalue weighted by atomic mass is 35.5. The fourth-order valence-electron chi connectivity index (χ4n) is 2.56. The molecule has 0 spiro atoms. The zero-order valence-electron chi connectivity index (χ0n) is 16.6. The standard InChI is InChI=1S/C21H25ClN2O3S/c1-12-8-15(9-13(2)19(12)22)27-11-18(26)24-20(28)23-16-10-14(21(3,4)5)6-7-17(16)25/h6-10,25H,11H2,1-5H3,(H2,23,24,26,28). The van der Waals surface area contributed by atoms with Crippen LogP contribution in [0.15, 0.2) is 30.3 Å². The van der Waals surface area contributed by atoms with E-state index in [0.29, 0.717) is 16.5 Å². The van der Waals surface area contributed by atoms with E-state index in [1.807, 2.05) is 26.0 Å². The van der Waals surface area contributed by atoms with Crippen LogP contribution in [0.5, 0.6) is 11.5 Å². The van der Waals surface area contributed by atoms with Crippen molar-refractivity contribution < 1.29 is 14.6 Å². The van der Waals surface area contributed by atoms with E-state index in [2.05, 4.69) is 31.4 Å². The highest BCUT2D eigenvalue weighted by Crippen LogP contribution is 2.30. The van der Waals surface area contributed by atoms with Crippen molar-refractivity contribution in [3.8, 4) is 11.5 Å². The van der Waals surface area contributed by atoms with Gasteiger partial charge in [-0.05, 0) is 72.4 Å². The van der Waals surface area contributed by atoms with E-state index in [-0.39, 0.29) is 22.9 Å². The molecule has 0 aliphatic carbocycles. The number of halogens is 1. The van der Waals surface area contributed by atoms with Crippen LogP contribution in [0.25, 0.3) is 0 Å². The fourth-order valence-corrected chi connectivity index (χ4v) is 2.89. The van der Waals surface area contributed by atoms with Crippen LogP contribution in [0.4, 0.5) is 5.69 Å². The summed E-state index contributed by atoms with van der Waals surface area (Å²) < 4.78 is 5.52.